The molecular formula is C19H22ClN. The second-order valence-electron chi connectivity index (χ2n) is 6.97. The maximum Gasteiger partial charge on any atom is 0.0705 e. The molecule has 1 heterocycles. The standard InChI is InChI=1S/C19H22ClN/c20-17(11-16-10-13-5-6-15(16)9-13)12-18-8-7-14-3-1-2-4-19(14)21-18/h1-4,7-8,13,15-17H,5-6,9-12H2. The average molecular weight is 300 g/mol. The van der Waals surface area contributed by atoms with E-state index in [1.165, 1.54) is 37.5 Å². The molecule has 4 atom stereocenters. The Bertz CT molecular complexity index is 638. The summed E-state index contributed by atoms with van der Waals surface area (Å²) in [4.78, 5) is 4.75. The number of pyridine rings is 1. The van der Waals surface area contributed by atoms with Gasteiger partial charge in [0, 0.05) is 22.9 Å². The first-order chi connectivity index (χ1) is 10.3. The van der Waals surface area contributed by atoms with Gasteiger partial charge >= 0.3 is 0 Å². The molecular weight excluding hydrogens is 278 g/mol. The molecule has 4 rings (SSSR count). The molecule has 2 aliphatic carbocycles. The molecule has 110 valence electrons. The van der Waals surface area contributed by atoms with Crippen molar-refractivity contribution < 1.29 is 0 Å². The van der Waals surface area contributed by atoms with Crippen molar-refractivity contribution in [3.63, 3.8) is 0 Å². The lowest BCUT2D eigenvalue weighted by Gasteiger charge is -2.23. The van der Waals surface area contributed by atoms with Crippen LogP contribution in [0.1, 0.15) is 37.8 Å². The van der Waals surface area contributed by atoms with Gasteiger partial charge in [-0.05, 0) is 55.6 Å². The summed E-state index contributed by atoms with van der Waals surface area (Å²) in [6.45, 7) is 0. The van der Waals surface area contributed by atoms with E-state index in [-0.39, 0.29) is 5.38 Å². The van der Waals surface area contributed by atoms with Crippen molar-refractivity contribution in [2.45, 2.75) is 43.9 Å². The van der Waals surface area contributed by atoms with Gasteiger partial charge in [0.2, 0.25) is 0 Å². The Kier molecular flexibility index (Phi) is 3.62. The number of halogens is 1. The number of hydrogen-bond acceptors (Lipinski definition) is 1. The summed E-state index contributed by atoms with van der Waals surface area (Å²) in [6, 6.07) is 12.6. The summed E-state index contributed by atoms with van der Waals surface area (Å²) in [5, 5.41) is 1.45. The minimum Gasteiger partial charge on any atom is -0.253 e. The number of aromatic nitrogens is 1. The first-order valence-electron chi connectivity index (χ1n) is 8.26. The highest BCUT2D eigenvalue weighted by Gasteiger charge is 2.39. The van der Waals surface area contributed by atoms with Gasteiger partial charge in [-0.1, -0.05) is 30.7 Å². The molecule has 2 heteroatoms. The van der Waals surface area contributed by atoms with E-state index >= 15 is 0 Å². The van der Waals surface area contributed by atoms with Gasteiger partial charge in [-0.25, -0.2) is 0 Å². The number of para-hydroxylation sites is 1. The molecule has 0 aliphatic heterocycles. The molecule has 1 aromatic carbocycles. The van der Waals surface area contributed by atoms with Gasteiger partial charge in [-0.2, -0.15) is 0 Å². The molecule has 2 fully saturated rings. The third-order valence-electron chi connectivity index (χ3n) is 5.53. The minimum atomic E-state index is 0.239. The van der Waals surface area contributed by atoms with Gasteiger partial charge in [0.05, 0.1) is 5.52 Å². The molecule has 2 bridgehead atoms. The van der Waals surface area contributed by atoms with E-state index in [1.807, 2.05) is 6.07 Å². The number of rotatable bonds is 4. The maximum absolute atomic E-state index is 6.64. The van der Waals surface area contributed by atoms with Crippen molar-refractivity contribution >= 4 is 22.5 Å². The summed E-state index contributed by atoms with van der Waals surface area (Å²) in [6.07, 6.45) is 7.91. The Hall–Kier alpha value is -1.08. The van der Waals surface area contributed by atoms with Gasteiger partial charge in [0.1, 0.15) is 0 Å². The van der Waals surface area contributed by atoms with Crippen LogP contribution in [0.25, 0.3) is 10.9 Å². The van der Waals surface area contributed by atoms with Crippen LogP contribution < -0.4 is 0 Å². The Morgan fingerprint density at radius 1 is 1.10 bits per heavy atom. The molecule has 2 aromatic rings. The molecule has 0 radical (unpaired) electrons. The zero-order valence-electron chi connectivity index (χ0n) is 12.3. The molecule has 0 spiro atoms. The van der Waals surface area contributed by atoms with Gasteiger partial charge < -0.3 is 0 Å². The average Bonchev–Trinajstić information content (AvgIpc) is 3.09. The van der Waals surface area contributed by atoms with Gasteiger partial charge in [-0.15, -0.1) is 11.6 Å². The van der Waals surface area contributed by atoms with Crippen molar-refractivity contribution in [2.24, 2.45) is 17.8 Å². The second kappa shape index (κ2) is 5.61. The van der Waals surface area contributed by atoms with Crippen molar-refractivity contribution in [3.05, 3.63) is 42.1 Å². The van der Waals surface area contributed by atoms with Crippen molar-refractivity contribution in [1.29, 1.82) is 0 Å². The fourth-order valence-corrected chi connectivity index (χ4v) is 4.91. The fraction of sp³-hybridized carbons (Fsp3) is 0.526. The molecule has 0 N–H and O–H groups in total. The molecule has 21 heavy (non-hydrogen) atoms. The summed E-state index contributed by atoms with van der Waals surface area (Å²) in [7, 11) is 0. The Morgan fingerprint density at radius 3 is 2.81 bits per heavy atom. The minimum absolute atomic E-state index is 0.239. The molecule has 0 amide bonds. The zero-order chi connectivity index (χ0) is 14.2. The molecule has 4 unspecified atom stereocenters. The van der Waals surface area contributed by atoms with Crippen molar-refractivity contribution in [2.75, 3.05) is 0 Å². The predicted octanol–water partition coefficient (Wildman–Crippen LogP) is 5.21. The van der Waals surface area contributed by atoms with Gasteiger partial charge in [-0.3, -0.25) is 4.98 Å². The van der Waals surface area contributed by atoms with Gasteiger partial charge in [0.15, 0.2) is 0 Å². The van der Waals surface area contributed by atoms with Crippen LogP contribution in [0.5, 0.6) is 0 Å². The largest absolute Gasteiger partial charge is 0.253 e. The topological polar surface area (TPSA) is 12.9 Å². The van der Waals surface area contributed by atoms with Crippen molar-refractivity contribution in [3.8, 4) is 0 Å². The summed E-state index contributed by atoms with van der Waals surface area (Å²) in [5.41, 5.74) is 2.22. The van der Waals surface area contributed by atoms with Gasteiger partial charge in [0.25, 0.3) is 0 Å². The lowest BCUT2D eigenvalue weighted by Crippen LogP contribution is -2.17. The van der Waals surface area contributed by atoms with E-state index in [0.29, 0.717) is 0 Å². The molecule has 1 aromatic heterocycles. The van der Waals surface area contributed by atoms with Crippen LogP contribution in [0.3, 0.4) is 0 Å². The Morgan fingerprint density at radius 2 is 2.00 bits per heavy atom. The molecule has 0 saturated heterocycles. The monoisotopic (exact) mass is 299 g/mol. The van der Waals surface area contributed by atoms with E-state index < -0.39 is 0 Å². The van der Waals surface area contributed by atoms with E-state index in [1.54, 1.807) is 0 Å². The highest BCUT2D eigenvalue weighted by atomic mass is 35.5. The Balaban J connectivity index is 1.42. The smallest absolute Gasteiger partial charge is 0.0705 e. The zero-order valence-corrected chi connectivity index (χ0v) is 13.1. The van der Waals surface area contributed by atoms with E-state index in [2.05, 4.69) is 30.3 Å². The number of hydrogen-bond donors (Lipinski definition) is 0. The van der Waals surface area contributed by atoms with E-state index in [0.717, 1.165) is 35.4 Å². The lowest BCUT2D eigenvalue weighted by atomic mass is 9.85. The van der Waals surface area contributed by atoms with Crippen LogP contribution in [-0.2, 0) is 6.42 Å². The highest BCUT2D eigenvalue weighted by Crippen LogP contribution is 2.50. The summed E-state index contributed by atoms with van der Waals surface area (Å²) < 4.78 is 0. The number of alkyl halides is 1. The summed E-state index contributed by atoms with van der Waals surface area (Å²) in [5.74, 6) is 2.87. The highest BCUT2D eigenvalue weighted by molar-refractivity contribution is 6.20. The summed E-state index contributed by atoms with van der Waals surface area (Å²) >= 11 is 6.64. The van der Waals surface area contributed by atoms with Crippen LogP contribution in [-0.4, -0.2) is 10.4 Å². The van der Waals surface area contributed by atoms with Crippen LogP contribution in [0.15, 0.2) is 36.4 Å². The number of fused-ring (bicyclic) bond motifs is 3. The first-order valence-corrected chi connectivity index (χ1v) is 8.70. The number of nitrogens with zero attached hydrogens (tertiary/aromatic N) is 1. The van der Waals surface area contributed by atoms with Crippen LogP contribution in [0, 0.1) is 17.8 Å². The van der Waals surface area contributed by atoms with Crippen LogP contribution in [0.2, 0.25) is 0 Å². The van der Waals surface area contributed by atoms with Crippen LogP contribution in [0.4, 0.5) is 0 Å². The molecule has 2 saturated carbocycles. The number of benzene rings is 1. The van der Waals surface area contributed by atoms with E-state index in [9.17, 15) is 0 Å². The lowest BCUT2D eigenvalue weighted by molar-refractivity contribution is 0.310. The molecule has 2 aliphatic rings. The predicted molar refractivity (Wildman–Crippen MR) is 88.6 cm³/mol. The fourth-order valence-electron chi connectivity index (χ4n) is 4.53. The van der Waals surface area contributed by atoms with Crippen LogP contribution >= 0.6 is 11.6 Å². The Labute approximate surface area is 131 Å². The third kappa shape index (κ3) is 2.81. The molecule has 1 nitrogen and oxygen atoms in total. The quantitative estimate of drug-likeness (QED) is 0.706. The third-order valence-corrected chi connectivity index (χ3v) is 5.86. The SMILES string of the molecule is ClC(Cc1ccc2ccccc2n1)CC1CC2CCC1C2. The van der Waals surface area contributed by atoms with E-state index in [4.69, 9.17) is 16.6 Å². The first kappa shape index (κ1) is 13.6. The maximum atomic E-state index is 6.64. The van der Waals surface area contributed by atoms with Crippen molar-refractivity contribution in [1.82, 2.24) is 4.98 Å². The normalized spacial score (nSPS) is 29.1. The second-order valence-corrected chi connectivity index (χ2v) is 7.58.